The lowest BCUT2D eigenvalue weighted by atomic mass is 10.1. The van der Waals surface area contributed by atoms with Crippen LogP contribution in [0.2, 0.25) is 0 Å². The summed E-state index contributed by atoms with van der Waals surface area (Å²) >= 11 is 0. The zero-order chi connectivity index (χ0) is 8.85. The van der Waals surface area contributed by atoms with Crippen LogP contribution in [0.15, 0.2) is 10.2 Å². The summed E-state index contributed by atoms with van der Waals surface area (Å²) in [5.41, 5.74) is 0.549. The third kappa shape index (κ3) is 4.25. The monoisotopic (exact) mass is 156 g/mol. The molecule has 0 rings (SSSR count). The summed E-state index contributed by atoms with van der Waals surface area (Å²) in [7, 11) is 0. The van der Waals surface area contributed by atoms with Gasteiger partial charge in [0.2, 0.25) is 0 Å². The van der Waals surface area contributed by atoms with Gasteiger partial charge in [0, 0.05) is 6.72 Å². The van der Waals surface area contributed by atoms with Crippen LogP contribution in [0, 0.1) is 5.92 Å². The van der Waals surface area contributed by atoms with E-state index in [1.807, 2.05) is 13.8 Å². The van der Waals surface area contributed by atoms with Crippen molar-refractivity contribution in [1.82, 2.24) is 0 Å². The van der Waals surface area contributed by atoms with Crippen molar-refractivity contribution in [2.45, 2.75) is 20.3 Å². The molecule has 0 aliphatic heterocycles. The SMILES string of the molecule is C=N/N=C(/CC(=O)O)C(C)C. The van der Waals surface area contributed by atoms with Gasteiger partial charge in [-0.1, -0.05) is 13.8 Å². The van der Waals surface area contributed by atoms with Crippen molar-refractivity contribution in [2.75, 3.05) is 0 Å². The lowest BCUT2D eigenvalue weighted by molar-refractivity contribution is -0.135. The number of rotatable bonds is 4. The molecule has 0 bridgehead atoms. The summed E-state index contributed by atoms with van der Waals surface area (Å²) < 4.78 is 0. The van der Waals surface area contributed by atoms with Crippen molar-refractivity contribution in [3.05, 3.63) is 0 Å². The lowest BCUT2D eigenvalue weighted by Crippen LogP contribution is -2.12. The molecule has 0 fully saturated rings. The number of hydrogen-bond acceptors (Lipinski definition) is 3. The van der Waals surface area contributed by atoms with Gasteiger partial charge in [-0.25, -0.2) is 0 Å². The molecule has 0 aromatic carbocycles. The molecule has 0 aliphatic carbocycles. The number of carboxylic acids is 1. The van der Waals surface area contributed by atoms with Crippen molar-refractivity contribution in [3.8, 4) is 0 Å². The second kappa shape index (κ2) is 4.60. The van der Waals surface area contributed by atoms with Crippen LogP contribution in [0.1, 0.15) is 20.3 Å². The molecule has 0 aromatic heterocycles. The standard InChI is InChI=1S/C7H12N2O2/c1-5(2)6(9-8-3)4-7(10)11/h5H,3-4H2,1-2H3,(H,10,11)/b9-6-. The smallest absolute Gasteiger partial charge is 0.309 e. The lowest BCUT2D eigenvalue weighted by Gasteiger charge is -2.03. The minimum Gasteiger partial charge on any atom is -0.481 e. The minimum absolute atomic E-state index is 0.0588. The van der Waals surface area contributed by atoms with Crippen LogP contribution in [0.3, 0.4) is 0 Å². The molecule has 0 spiro atoms. The number of hydrogen-bond donors (Lipinski definition) is 1. The molecular formula is C7H12N2O2. The molecule has 0 amide bonds. The zero-order valence-electron chi connectivity index (χ0n) is 6.74. The molecule has 0 saturated heterocycles. The summed E-state index contributed by atoms with van der Waals surface area (Å²) in [5.74, 6) is -0.780. The van der Waals surface area contributed by atoms with E-state index in [0.717, 1.165) is 0 Å². The van der Waals surface area contributed by atoms with Gasteiger partial charge in [0.05, 0.1) is 12.1 Å². The fourth-order valence-electron chi connectivity index (χ4n) is 0.601. The molecule has 0 radical (unpaired) electrons. The first kappa shape index (κ1) is 9.81. The van der Waals surface area contributed by atoms with E-state index < -0.39 is 5.97 Å². The Balaban J connectivity index is 4.23. The van der Waals surface area contributed by atoms with E-state index in [-0.39, 0.29) is 12.3 Å². The van der Waals surface area contributed by atoms with Gasteiger partial charge in [-0.05, 0) is 5.92 Å². The van der Waals surface area contributed by atoms with Gasteiger partial charge in [0.1, 0.15) is 0 Å². The highest BCUT2D eigenvalue weighted by molar-refractivity contribution is 5.99. The Kier molecular flexibility index (Phi) is 4.10. The highest BCUT2D eigenvalue weighted by atomic mass is 16.4. The summed E-state index contributed by atoms with van der Waals surface area (Å²) in [6, 6.07) is 0. The van der Waals surface area contributed by atoms with Crippen molar-refractivity contribution in [2.24, 2.45) is 16.1 Å². The molecule has 0 aromatic rings. The van der Waals surface area contributed by atoms with Crippen LogP contribution < -0.4 is 0 Å². The maximum atomic E-state index is 10.2. The molecule has 62 valence electrons. The quantitative estimate of drug-likeness (QED) is 0.490. The Bertz CT molecular complexity index is 185. The second-order valence-corrected chi connectivity index (χ2v) is 2.46. The van der Waals surface area contributed by atoms with E-state index in [0.29, 0.717) is 5.71 Å². The van der Waals surface area contributed by atoms with E-state index in [4.69, 9.17) is 5.11 Å². The second-order valence-electron chi connectivity index (χ2n) is 2.46. The Morgan fingerprint density at radius 1 is 1.64 bits per heavy atom. The number of nitrogens with zero attached hydrogens (tertiary/aromatic N) is 2. The summed E-state index contributed by atoms with van der Waals surface area (Å²) in [4.78, 5) is 10.2. The third-order valence-corrected chi connectivity index (χ3v) is 1.20. The van der Waals surface area contributed by atoms with Crippen LogP contribution in [-0.4, -0.2) is 23.5 Å². The molecule has 11 heavy (non-hydrogen) atoms. The van der Waals surface area contributed by atoms with Crippen LogP contribution in [0.25, 0.3) is 0 Å². The molecule has 0 aliphatic rings. The molecular weight excluding hydrogens is 144 g/mol. The highest BCUT2D eigenvalue weighted by Crippen LogP contribution is 2.01. The number of carboxylic acid groups (broad SMARTS) is 1. The third-order valence-electron chi connectivity index (χ3n) is 1.20. The van der Waals surface area contributed by atoms with E-state index in [1.165, 1.54) is 0 Å². The fourth-order valence-corrected chi connectivity index (χ4v) is 0.601. The maximum absolute atomic E-state index is 10.2. The van der Waals surface area contributed by atoms with Gasteiger partial charge in [-0.15, -0.1) is 0 Å². The average Bonchev–Trinajstić information content (AvgIpc) is 1.86. The first-order valence-electron chi connectivity index (χ1n) is 3.32. The van der Waals surface area contributed by atoms with E-state index in [2.05, 4.69) is 16.9 Å². The van der Waals surface area contributed by atoms with Gasteiger partial charge < -0.3 is 5.11 Å². The molecule has 4 nitrogen and oxygen atoms in total. The first-order chi connectivity index (χ1) is 5.07. The summed E-state index contributed by atoms with van der Waals surface area (Å²) in [5, 5.41) is 15.3. The van der Waals surface area contributed by atoms with Gasteiger partial charge in [-0.2, -0.15) is 10.2 Å². The van der Waals surface area contributed by atoms with Crippen LogP contribution >= 0.6 is 0 Å². The predicted octanol–water partition coefficient (Wildman–Crippen LogP) is 1.17. The van der Waals surface area contributed by atoms with E-state index >= 15 is 0 Å². The van der Waals surface area contributed by atoms with Crippen LogP contribution in [0.5, 0.6) is 0 Å². The number of aliphatic carboxylic acids is 1. The van der Waals surface area contributed by atoms with Gasteiger partial charge in [0.25, 0.3) is 0 Å². The van der Waals surface area contributed by atoms with Crippen molar-refractivity contribution in [1.29, 1.82) is 0 Å². The molecule has 4 heteroatoms. The van der Waals surface area contributed by atoms with E-state index in [9.17, 15) is 4.79 Å². The normalized spacial score (nSPS) is 11.7. The van der Waals surface area contributed by atoms with Gasteiger partial charge >= 0.3 is 5.97 Å². The topological polar surface area (TPSA) is 62.0 Å². The van der Waals surface area contributed by atoms with Gasteiger partial charge in [-0.3, -0.25) is 4.79 Å². The summed E-state index contributed by atoms with van der Waals surface area (Å²) in [6.07, 6.45) is -0.0588. The Morgan fingerprint density at radius 2 is 2.18 bits per heavy atom. The fraction of sp³-hybridized carbons (Fsp3) is 0.571. The molecule has 0 atom stereocenters. The minimum atomic E-state index is -0.888. The molecule has 0 unspecified atom stereocenters. The average molecular weight is 156 g/mol. The van der Waals surface area contributed by atoms with E-state index in [1.54, 1.807) is 0 Å². The van der Waals surface area contributed by atoms with Crippen LogP contribution in [0.4, 0.5) is 0 Å². The zero-order valence-corrected chi connectivity index (χ0v) is 6.74. The largest absolute Gasteiger partial charge is 0.481 e. The van der Waals surface area contributed by atoms with Crippen molar-refractivity contribution >= 4 is 18.4 Å². The van der Waals surface area contributed by atoms with Crippen LogP contribution in [-0.2, 0) is 4.79 Å². The molecule has 1 N–H and O–H groups in total. The first-order valence-corrected chi connectivity index (χ1v) is 3.32. The number of carbonyl (C=O) groups is 1. The Labute approximate surface area is 65.6 Å². The maximum Gasteiger partial charge on any atom is 0.309 e. The Morgan fingerprint density at radius 3 is 2.45 bits per heavy atom. The van der Waals surface area contributed by atoms with Crippen molar-refractivity contribution < 1.29 is 9.90 Å². The molecule has 0 heterocycles. The predicted molar refractivity (Wildman–Crippen MR) is 44.1 cm³/mol. The Hall–Kier alpha value is -1.19. The van der Waals surface area contributed by atoms with Crippen molar-refractivity contribution in [3.63, 3.8) is 0 Å². The molecule has 0 saturated carbocycles. The van der Waals surface area contributed by atoms with Gasteiger partial charge in [0.15, 0.2) is 0 Å². The highest BCUT2D eigenvalue weighted by Gasteiger charge is 2.09. The summed E-state index contributed by atoms with van der Waals surface area (Å²) in [6.45, 7) is 6.90.